The van der Waals surface area contributed by atoms with Crippen molar-refractivity contribution in [3.8, 4) is 5.69 Å². The second kappa shape index (κ2) is 19.1. The zero-order valence-electron chi connectivity index (χ0n) is 23.9. The van der Waals surface area contributed by atoms with Crippen molar-refractivity contribution in [2.75, 3.05) is 5.01 Å². The Balaban J connectivity index is 0.00000484. The van der Waals surface area contributed by atoms with Crippen LogP contribution in [-0.4, -0.2) is 59.3 Å². The topological polar surface area (TPSA) is 265 Å². The molecular formula is C23H12K4N4O12S2. The molecule has 1 aromatic heterocycles. The molecule has 0 spiro atoms. The van der Waals surface area contributed by atoms with Crippen LogP contribution in [0, 0.1) is 0 Å². The van der Waals surface area contributed by atoms with E-state index in [0.29, 0.717) is 9.69 Å². The first-order valence-electron chi connectivity index (χ1n) is 10.8. The first-order valence-corrected chi connectivity index (χ1v) is 13.6. The van der Waals surface area contributed by atoms with Gasteiger partial charge in [-0.15, -0.1) is 0 Å². The largest absolute Gasteiger partial charge is 1.00 e. The smallest absolute Gasteiger partial charge is 0.744 e. The molecule has 0 fully saturated rings. The zero-order valence-corrected chi connectivity index (χ0v) is 38.0. The second-order valence-corrected chi connectivity index (χ2v) is 10.8. The van der Waals surface area contributed by atoms with E-state index in [0.717, 1.165) is 66.8 Å². The van der Waals surface area contributed by atoms with Crippen LogP contribution in [0.15, 0.2) is 85.9 Å². The van der Waals surface area contributed by atoms with Crippen molar-refractivity contribution in [3.05, 3.63) is 87.9 Å². The molecule has 0 atom stereocenters. The van der Waals surface area contributed by atoms with E-state index in [1.807, 2.05) is 0 Å². The molecule has 0 saturated heterocycles. The van der Waals surface area contributed by atoms with E-state index in [-0.39, 0.29) is 217 Å². The summed E-state index contributed by atoms with van der Waals surface area (Å²) < 4.78 is 67.4. The summed E-state index contributed by atoms with van der Waals surface area (Å²) in [4.78, 5) is 47.8. The number of hydrogen-bond acceptors (Lipinski definition) is 13. The molecule has 4 rings (SSSR count). The number of nitrogens with one attached hydrogen (secondary N) is 1. The van der Waals surface area contributed by atoms with Gasteiger partial charge in [-0.2, -0.15) is 10.1 Å². The molecule has 16 nitrogen and oxygen atoms in total. The monoisotopic (exact) mass is 756 g/mol. The molecular weight excluding hydrogens is 745 g/mol. The minimum absolute atomic E-state index is 0. The molecule has 2 heterocycles. The number of H-pyrrole nitrogens is 1. The van der Waals surface area contributed by atoms with Crippen LogP contribution in [0.2, 0.25) is 0 Å². The molecule has 0 bridgehead atoms. The van der Waals surface area contributed by atoms with Gasteiger partial charge in [-0.05, 0) is 60.7 Å². The average molecular weight is 757 g/mol. The normalized spacial score (nSPS) is 13.7. The number of aromatic carboxylic acids is 1. The molecule has 3 aromatic rings. The number of allylic oxidation sites excluding steroid dienone is 2. The summed E-state index contributed by atoms with van der Waals surface area (Å²) >= 11 is 0. The Labute approximate surface area is 424 Å². The summed E-state index contributed by atoms with van der Waals surface area (Å²) in [6, 6.07) is 7.74. The first kappa shape index (κ1) is 46.4. The SMILES string of the molecule is O=C([O-])C1=NN(c2ccc(S(=O)(=O)[O-])cc2)C(=O)/C1=C/C=C\c1c(C(=O)[O-])[nH]n(-c2ccc(S(=O)(=O)[O-])cc2)c1=O.[K+].[K+].[K+].[K+]. The maximum absolute atomic E-state index is 12.9. The van der Waals surface area contributed by atoms with E-state index in [1.54, 1.807) is 0 Å². The van der Waals surface area contributed by atoms with Crippen LogP contribution in [0.25, 0.3) is 11.8 Å². The van der Waals surface area contributed by atoms with Crippen molar-refractivity contribution in [2.24, 2.45) is 5.10 Å². The number of amides is 1. The quantitative estimate of drug-likeness (QED) is 0.128. The Morgan fingerprint density at radius 1 is 0.756 bits per heavy atom. The van der Waals surface area contributed by atoms with E-state index in [4.69, 9.17) is 0 Å². The maximum atomic E-state index is 12.9. The molecule has 212 valence electrons. The third-order valence-electron chi connectivity index (χ3n) is 5.48. The van der Waals surface area contributed by atoms with Gasteiger partial charge in [-0.1, -0.05) is 6.08 Å². The maximum Gasteiger partial charge on any atom is 1.00 e. The number of hydrazone groups is 1. The van der Waals surface area contributed by atoms with Crippen molar-refractivity contribution in [1.82, 2.24) is 9.78 Å². The number of carboxylic acids is 2. The molecule has 45 heavy (non-hydrogen) atoms. The van der Waals surface area contributed by atoms with Gasteiger partial charge in [-0.3, -0.25) is 14.7 Å². The van der Waals surface area contributed by atoms with Gasteiger partial charge in [0.25, 0.3) is 11.5 Å². The molecule has 22 heteroatoms. The fourth-order valence-corrected chi connectivity index (χ4v) is 4.53. The molecule has 0 unspecified atom stereocenters. The van der Waals surface area contributed by atoms with Gasteiger partial charge in [0.15, 0.2) is 0 Å². The molecule has 1 amide bonds. The number of hydrogen-bond donors (Lipinski definition) is 1. The number of carboxylic acid groups (broad SMARTS) is 2. The number of carbonyl (C=O) groups is 3. The van der Waals surface area contributed by atoms with Crippen LogP contribution in [0.5, 0.6) is 0 Å². The van der Waals surface area contributed by atoms with Crippen LogP contribution in [0.3, 0.4) is 0 Å². The van der Waals surface area contributed by atoms with E-state index >= 15 is 0 Å². The van der Waals surface area contributed by atoms with Crippen molar-refractivity contribution in [3.63, 3.8) is 0 Å². The van der Waals surface area contributed by atoms with E-state index in [1.165, 1.54) is 0 Å². The van der Waals surface area contributed by atoms with Gasteiger partial charge in [-0.25, -0.2) is 21.5 Å². The third-order valence-corrected chi connectivity index (χ3v) is 7.18. The minimum atomic E-state index is -4.79. The Hall–Kier alpha value is 1.38. The molecule has 0 aliphatic carbocycles. The Morgan fingerprint density at radius 2 is 1.22 bits per heavy atom. The molecule has 0 radical (unpaired) electrons. The number of rotatable bonds is 8. The van der Waals surface area contributed by atoms with Crippen LogP contribution >= 0.6 is 0 Å². The summed E-state index contributed by atoms with van der Waals surface area (Å²) in [5, 5.41) is 29.7. The molecule has 1 N–H and O–H groups in total. The fraction of sp³-hybridized carbons (Fsp3) is 0. The van der Waals surface area contributed by atoms with Crippen LogP contribution in [0.4, 0.5) is 5.69 Å². The van der Waals surface area contributed by atoms with Crippen LogP contribution in [-0.2, 0) is 29.8 Å². The number of carbonyl (C=O) groups excluding carboxylic acids is 3. The van der Waals surface area contributed by atoms with E-state index < -0.39 is 76.0 Å². The summed E-state index contributed by atoms with van der Waals surface area (Å²) in [6.45, 7) is 0. The van der Waals surface area contributed by atoms with Crippen molar-refractivity contribution >= 4 is 55.6 Å². The average Bonchev–Trinajstić information content (AvgIpc) is 3.40. The minimum Gasteiger partial charge on any atom is -0.744 e. The van der Waals surface area contributed by atoms with Crippen LogP contribution in [0.1, 0.15) is 16.1 Å². The number of aromatic amines is 1. The van der Waals surface area contributed by atoms with E-state index in [9.17, 15) is 55.3 Å². The number of nitrogens with zero attached hydrogens (tertiary/aromatic N) is 3. The van der Waals surface area contributed by atoms with Gasteiger partial charge < -0.3 is 28.9 Å². The molecule has 2 aromatic carbocycles. The first-order chi connectivity index (χ1) is 19.1. The van der Waals surface area contributed by atoms with Gasteiger partial charge in [0.05, 0.1) is 49.9 Å². The van der Waals surface area contributed by atoms with Crippen molar-refractivity contribution in [2.45, 2.75) is 9.79 Å². The zero-order chi connectivity index (χ0) is 30.3. The van der Waals surface area contributed by atoms with Gasteiger partial charge >= 0.3 is 206 Å². The van der Waals surface area contributed by atoms with Crippen LogP contribution < -0.4 is 226 Å². The second-order valence-electron chi connectivity index (χ2n) is 8.02. The predicted molar refractivity (Wildman–Crippen MR) is 130 cm³/mol. The van der Waals surface area contributed by atoms with Gasteiger partial charge in [0, 0.05) is 0 Å². The van der Waals surface area contributed by atoms with Crippen molar-refractivity contribution in [1.29, 1.82) is 0 Å². The van der Waals surface area contributed by atoms with Gasteiger partial charge in [0.1, 0.15) is 25.9 Å². The molecule has 1 aliphatic heterocycles. The summed E-state index contributed by atoms with van der Waals surface area (Å²) in [6.07, 6.45) is 2.79. The predicted octanol–water partition coefficient (Wildman–Crippen LogP) is -14.6. The molecule has 0 saturated carbocycles. The summed E-state index contributed by atoms with van der Waals surface area (Å²) in [5.74, 6) is -4.72. The third kappa shape index (κ3) is 11.2. The number of aromatic nitrogens is 2. The fourth-order valence-electron chi connectivity index (χ4n) is 3.59. The number of anilines is 1. The summed E-state index contributed by atoms with van der Waals surface area (Å²) in [5.41, 5.74) is -3.76. The number of aliphatic carboxylic acids is 1. The Morgan fingerprint density at radius 3 is 1.64 bits per heavy atom. The standard InChI is InChI=1S/C23H16N4O12S2.4K/c28-20-16(18(22(30)31)24-26(20)12-4-8-14(9-5-12)40(34,35)36)2-1-3-17-19(23(32)33)25-27(21(17)29)13-6-10-15(11-7-13)41(37,38)39;;;;/h1-11,24H,(H,30,31)(H,32,33)(H,34,35,36)(H,37,38,39);;;;/q;4*+1/p-4/b2-1-,17-3+;;;;. The number of benzene rings is 2. The Kier molecular flexibility index (Phi) is 19.7. The van der Waals surface area contributed by atoms with Crippen molar-refractivity contribution < 1.29 is 256 Å². The molecule has 1 aliphatic rings. The Bertz CT molecular complexity index is 1990. The van der Waals surface area contributed by atoms with E-state index in [2.05, 4.69) is 10.2 Å². The summed E-state index contributed by atoms with van der Waals surface area (Å²) in [7, 11) is -9.58. The van der Waals surface area contributed by atoms with Gasteiger partial charge in [0.2, 0.25) is 0 Å².